The van der Waals surface area contributed by atoms with Gasteiger partial charge in [-0.05, 0) is 36.6 Å². The Hall–Kier alpha value is -1.81. The van der Waals surface area contributed by atoms with Crippen LogP contribution in [0.1, 0.15) is 12.7 Å². The number of halogens is 1. The number of nitrogens with one attached hydrogen (secondary N) is 2. The van der Waals surface area contributed by atoms with Crippen molar-refractivity contribution < 1.29 is 0 Å². The summed E-state index contributed by atoms with van der Waals surface area (Å²) >= 11 is 1.81. The van der Waals surface area contributed by atoms with Gasteiger partial charge in [0.15, 0.2) is 5.96 Å². The summed E-state index contributed by atoms with van der Waals surface area (Å²) in [7, 11) is 0. The van der Waals surface area contributed by atoms with E-state index in [1.165, 1.54) is 5.00 Å². The highest BCUT2D eigenvalue weighted by molar-refractivity contribution is 14.0. The van der Waals surface area contributed by atoms with Gasteiger partial charge in [0.05, 0.1) is 16.0 Å². The van der Waals surface area contributed by atoms with E-state index in [1.807, 2.05) is 29.5 Å². The molecule has 6 nitrogen and oxygen atoms in total. The number of anilines is 1. The molecule has 0 unspecified atom stereocenters. The lowest BCUT2D eigenvalue weighted by Gasteiger charge is -2.37. The monoisotopic (exact) mass is 510 g/mol. The van der Waals surface area contributed by atoms with Crippen molar-refractivity contribution in [3.63, 3.8) is 0 Å². The fourth-order valence-corrected chi connectivity index (χ4v) is 4.19. The lowest BCUT2D eigenvalue weighted by Crippen LogP contribution is -2.52. The maximum absolute atomic E-state index is 4.85. The summed E-state index contributed by atoms with van der Waals surface area (Å²) in [4.78, 5) is 17.7. The van der Waals surface area contributed by atoms with Gasteiger partial charge >= 0.3 is 0 Å². The Morgan fingerprint density at radius 1 is 1.18 bits per heavy atom. The van der Waals surface area contributed by atoms with Gasteiger partial charge in [0.2, 0.25) is 0 Å². The third kappa shape index (κ3) is 4.96. The Balaban J connectivity index is 0.00000225. The minimum absolute atomic E-state index is 0. The quantitative estimate of drug-likeness (QED) is 0.313. The van der Waals surface area contributed by atoms with Gasteiger partial charge in [0.1, 0.15) is 5.82 Å². The molecular weight excluding hydrogens is 483 g/mol. The van der Waals surface area contributed by atoms with Crippen LogP contribution in [-0.2, 0) is 6.42 Å². The second-order valence-corrected chi connectivity index (χ2v) is 7.54. The van der Waals surface area contributed by atoms with Gasteiger partial charge in [0, 0.05) is 45.7 Å². The third-order valence-electron chi connectivity index (χ3n) is 4.78. The molecule has 1 aliphatic heterocycles. The smallest absolute Gasteiger partial charge is 0.194 e. The summed E-state index contributed by atoms with van der Waals surface area (Å²) in [5.41, 5.74) is 2.11. The number of rotatable bonds is 5. The van der Waals surface area contributed by atoms with Gasteiger partial charge in [-0.3, -0.25) is 4.99 Å². The molecule has 3 heterocycles. The fourth-order valence-electron chi connectivity index (χ4n) is 3.41. The van der Waals surface area contributed by atoms with Crippen LogP contribution in [0.25, 0.3) is 11.0 Å². The van der Waals surface area contributed by atoms with Crippen LogP contribution in [-0.4, -0.2) is 60.1 Å². The van der Waals surface area contributed by atoms with Crippen molar-refractivity contribution in [3.8, 4) is 0 Å². The lowest BCUT2D eigenvalue weighted by atomic mass is 10.3. The highest BCUT2D eigenvalue weighted by Gasteiger charge is 2.20. The van der Waals surface area contributed by atoms with Crippen LogP contribution >= 0.6 is 35.3 Å². The highest BCUT2D eigenvalue weighted by Crippen LogP contribution is 2.22. The maximum atomic E-state index is 4.85. The number of hydrogen-bond donors (Lipinski definition) is 2. The zero-order valence-electron chi connectivity index (χ0n) is 16.1. The van der Waals surface area contributed by atoms with E-state index in [-0.39, 0.29) is 24.0 Å². The number of nitrogens with zero attached hydrogens (tertiary/aromatic N) is 4. The van der Waals surface area contributed by atoms with E-state index >= 15 is 0 Å². The molecule has 0 aliphatic carbocycles. The van der Waals surface area contributed by atoms with E-state index in [0.29, 0.717) is 0 Å². The molecule has 1 aromatic carbocycles. The minimum Gasteiger partial charge on any atom is -0.360 e. The molecular formula is C20H27IN6S. The molecule has 1 fully saturated rings. The second kappa shape index (κ2) is 10.1. The summed E-state index contributed by atoms with van der Waals surface area (Å²) < 4.78 is 0. The molecule has 28 heavy (non-hydrogen) atoms. The Bertz CT molecular complexity index is 850. The Kier molecular flexibility index (Phi) is 7.55. The van der Waals surface area contributed by atoms with E-state index in [2.05, 4.69) is 55.6 Å². The predicted molar refractivity (Wildman–Crippen MR) is 129 cm³/mol. The van der Waals surface area contributed by atoms with Crippen LogP contribution < -0.4 is 10.2 Å². The van der Waals surface area contributed by atoms with Gasteiger partial charge in [-0.15, -0.1) is 35.3 Å². The molecule has 3 aromatic rings. The van der Waals surface area contributed by atoms with E-state index in [4.69, 9.17) is 4.99 Å². The van der Waals surface area contributed by atoms with Crippen molar-refractivity contribution in [1.29, 1.82) is 0 Å². The zero-order chi connectivity index (χ0) is 18.5. The maximum Gasteiger partial charge on any atom is 0.194 e. The van der Waals surface area contributed by atoms with Crippen molar-refractivity contribution in [3.05, 3.63) is 47.6 Å². The first kappa shape index (κ1) is 20.9. The SMILES string of the molecule is CCNC(=NCCc1nc2ccccc2[nH]1)N1CCN(c2cccs2)CC1.I. The predicted octanol–water partition coefficient (Wildman–Crippen LogP) is 3.57. The highest BCUT2D eigenvalue weighted by atomic mass is 127. The van der Waals surface area contributed by atoms with Crippen LogP contribution in [0, 0.1) is 0 Å². The minimum atomic E-state index is 0. The topological polar surface area (TPSA) is 59.6 Å². The molecule has 0 atom stereocenters. The first-order valence-electron chi connectivity index (χ1n) is 9.59. The molecule has 150 valence electrons. The number of aliphatic imine (C=N–C) groups is 1. The van der Waals surface area contributed by atoms with E-state index in [1.54, 1.807) is 0 Å². The molecule has 1 aliphatic rings. The number of imidazole rings is 1. The van der Waals surface area contributed by atoms with Crippen LogP contribution in [0.5, 0.6) is 0 Å². The van der Waals surface area contributed by atoms with Crippen LogP contribution in [0.4, 0.5) is 5.00 Å². The first-order valence-corrected chi connectivity index (χ1v) is 10.5. The number of H-pyrrole nitrogens is 1. The number of hydrogen-bond acceptors (Lipinski definition) is 4. The number of aromatic nitrogens is 2. The van der Waals surface area contributed by atoms with Gasteiger partial charge in [-0.2, -0.15) is 0 Å². The van der Waals surface area contributed by atoms with E-state index < -0.39 is 0 Å². The first-order chi connectivity index (χ1) is 13.3. The van der Waals surface area contributed by atoms with Crippen LogP contribution in [0.2, 0.25) is 0 Å². The largest absolute Gasteiger partial charge is 0.360 e. The summed E-state index contributed by atoms with van der Waals surface area (Å²) in [6.45, 7) is 7.80. The van der Waals surface area contributed by atoms with Gasteiger partial charge < -0.3 is 20.1 Å². The molecule has 2 aromatic heterocycles. The Morgan fingerprint density at radius 3 is 2.71 bits per heavy atom. The number of para-hydroxylation sites is 2. The van der Waals surface area contributed by atoms with Gasteiger partial charge in [-0.1, -0.05) is 12.1 Å². The third-order valence-corrected chi connectivity index (χ3v) is 5.71. The summed E-state index contributed by atoms with van der Waals surface area (Å²) in [5, 5.41) is 6.95. The Morgan fingerprint density at radius 2 is 2.00 bits per heavy atom. The molecule has 8 heteroatoms. The molecule has 0 spiro atoms. The molecule has 2 N–H and O–H groups in total. The zero-order valence-corrected chi connectivity index (χ0v) is 19.2. The number of piperazine rings is 1. The number of benzene rings is 1. The average Bonchev–Trinajstić information content (AvgIpc) is 3.37. The standard InChI is InChI=1S/C20H26N6S.HI/c1-2-21-20(26-13-11-25(12-14-26)19-8-5-15-27-19)22-10-9-18-23-16-6-3-4-7-17(16)24-18;/h3-8,15H,2,9-14H2,1H3,(H,21,22)(H,23,24);1H. The van der Waals surface area contributed by atoms with E-state index in [0.717, 1.165) is 68.5 Å². The molecule has 0 radical (unpaired) electrons. The van der Waals surface area contributed by atoms with Crippen molar-refractivity contribution in [2.24, 2.45) is 4.99 Å². The summed E-state index contributed by atoms with van der Waals surface area (Å²) in [5.74, 6) is 2.01. The molecule has 4 rings (SSSR count). The molecule has 1 saturated heterocycles. The van der Waals surface area contributed by atoms with Crippen LogP contribution in [0.3, 0.4) is 0 Å². The van der Waals surface area contributed by atoms with Crippen molar-refractivity contribution in [2.75, 3.05) is 44.2 Å². The van der Waals surface area contributed by atoms with Crippen molar-refractivity contribution >= 4 is 57.3 Å². The van der Waals surface area contributed by atoms with E-state index in [9.17, 15) is 0 Å². The summed E-state index contributed by atoms with van der Waals surface area (Å²) in [6.07, 6.45) is 0.818. The molecule has 0 amide bonds. The molecule has 0 bridgehead atoms. The van der Waals surface area contributed by atoms with Gasteiger partial charge in [0.25, 0.3) is 0 Å². The lowest BCUT2D eigenvalue weighted by molar-refractivity contribution is 0.373. The van der Waals surface area contributed by atoms with Crippen LogP contribution in [0.15, 0.2) is 46.8 Å². The number of aromatic amines is 1. The summed E-state index contributed by atoms with van der Waals surface area (Å²) in [6, 6.07) is 12.5. The fraction of sp³-hybridized carbons (Fsp3) is 0.400. The normalized spacial score (nSPS) is 15.0. The van der Waals surface area contributed by atoms with Gasteiger partial charge in [-0.25, -0.2) is 4.98 Å². The van der Waals surface area contributed by atoms with Crippen molar-refractivity contribution in [2.45, 2.75) is 13.3 Å². The number of guanidine groups is 1. The Labute approximate surface area is 187 Å². The number of fused-ring (bicyclic) bond motifs is 1. The number of thiophene rings is 1. The second-order valence-electron chi connectivity index (χ2n) is 6.61. The average molecular weight is 510 g/mol. The van der Waals surface area contributed by atoms with Crippen molar-refractivity contribution in [1.82, 2.24) is 20.2 Å². The molecule has 0 saturated carbocycles.